The van der Waals surface area contributed by atoms with Gasteiger partial charge in [0, 0.05) is 0 Å². The molecule has 130 valence electrons. The van der Waals surface area contributed by atoms with Gasteiger partial charge in [0.05, 0.1) is 0 Å². The second kappa shape index (κ2) is 7.71. The summed E-state index contributed by atoms with van der Waals surface area (Å²) in [5, 5.41) is 5.19. The van der Waals surface area contributed by atoms with E-state index < -0.39 is 18.2 Å². The smallest absolute Gasteiger partial charge is 0.296 e. The van der Waals surface area contributed by atoms with Crippen LogP contribution in [0.25, 0.3) is 43.8 Å². The first-order valence-corrected chi connectivity index (χ1v) is 14.1. The third-order valence-electron chi connectivity index (χ3n) is 5.35. The summed E-state index contributed by atoms with van der Waals surface area (Å²) < 4.78 is 1.42. The van der Waals surface area contributed by atoms with Gasteiger partial charge in [0.25, 0.3) is 0 Å². The first-order valence-electron chi connectivity index (χ1n) is 9.50. The summed E-state index contributed by atoms with van der Waals surface area (Å²) >= 11 is 3.36. The predicted molar refractivity (Wildman–Crippen MR) is 127 cm³/mol. The van der Waals surface area contributed by atoms with Gasteiger partial charge in [-0.05, 0) is 49.9 Å². The Hall–Kier alpha value is -2.13. The monoisotopic (exact) mass is 432 g/mol. The number of benzene rings is 5. The van der Waals surface area contributed by atoms with Gasteiger partial charge in [-0.25, -0.2) is 0 Å². The maximum absolute atomic E-state index is 3.81. The summed E-state index contributed by atoms with van der Waals surface area (Å²) in [7, 11) is 0. The molecule has 0 aliphatic carbocycles. The molecule has 5 rings (SSSR count). The van der Waals surface area contributed by atoms with Crippen LogP contribution >= 0.6 is 12.9 Å². The van der Waals surface area contributed by atoms with E-state index in [2.05, 4.69) is 116 Å². The lowest BCUT2D eigenvalue weighted by molar-refractivity contribution is 1.64. The maximum Gasteiger partial charge on any atom is 0.506 e. The molecule has 0 radical (unpaired) electrons. The Bertz CT molecular complexity index is 1200. The summed E-state index contributed by atoms with van der Waals surface area (Å²) in [6.45, 7) is 0. The van der Waals surface area contributed by atoms with Crippen molar-refractivity contribution in [2.45, 2.75) is 0 Å². The topological polar surface area (TPSA) is 0 Å². The highest BCUT2D eigenvalue weighted by Crippen LogP contribution is 2.33. The van der Waals surface area contributed by atoms with Crippen LogP contribution in [-0.4, -0.2) is 18.2 Å². The fourth-order valence-corrected chi connectivity index (χ4v) is 5.60. The molecular weight excluding hydrogens is 416 g/mol. The molecule has 0 unspecified atom stereocenters. The Kier molecular flexibility index (Phi) is 4.94. The fourth-order valence-electron chi connectivity index (χ4n) is 4.03. The zero-order valence-corrected chi connectivity index (χ0v) is 18.4. The Balaban J connectivity index is 1.77. The number of fused-ring (bicyclic) bond motifs is 2. The van der Waals surface area contributed by atoms with Gasteiger partial charge in [-0.15, -0.1) is 0 Å². The molecule has 0 amide bonds. The van der Waals surface area contributed by atoms with E-state index in [1.54, 1.807) is 0 Å². The highest BCUT2D eigenvalue weighted by atomic mass is 79.9. The molecule has 0 N–H and O–H groups in total. The molecule has 0 aliphatic heterocycles. The average molecular weight is 434 g/mol. The van der Waals surface area contributed by atoms with Crippen molar-refractivity contribution in [3.63, 3.8) is 0 Å². The van der Waals surface area contributed by atoms with Crippen molar-refractivity contribution < 1.29 is 0 Å². The predicted octanol–water partition coefficient (Wildman–Crippen LogP) is 6.97. The van der Waals surface area contributed by atoms with Crippen LogP contribution in [0.1, 0.15) is 0 Å². The van der Waals surface area contributed by atoms with E-state index in [9.17, 15) is 0 Å². The largest absolute Gasteiger partial charge is 0.506 e. The average Bonchev–Trinajstić information content (AvgIpc) is 2.78. The Morgan fingerprint density at radius 2 is 0.964 bits per heavy atom. The van der Waals surface area contributed by atoms with E-state index in [1.165, 1.54) is 47.5 Å². The SMILES string of the molecule is [Br][Mg][c]1cc(-c2cccc3ccccc23)cc(-c2cccc3ccccc23)c1. The van der Waals surface area contributed by atoms with Crippen LogP contribution < -0.4 is 3.69 Å². The van der Waals surface area contributed by atoms with Crippen LogP contribution in [0.3, 0.4) is 0 Å². The third-order valence-corrected chi connectivity index (χ3v) is 8.01. The highest BCUT2D eigenvalue weighted by molar-refractivity contribution is 9.23. The summed E-state index contributed by atoms with van der Waals surface area (Å²) in [5.74, 6) is 0. The number of rotatable bonds is 3. The number of hydrogen-bond donors (Lipinski definition) is 0. The third kappa shape index (κ3) is 3.26. The van der Waals surface area contributed by atoms with E-state index in [0.29, 0.717) is 0 Å². The molecule has 0 heterocycles. The summed E-state index contributed by atoms with van der Waals surface area (Å²) in [4.78, 5) is 0. The summed E-state index contributed by atoms with van der Waals surface area (Å²) in [5.41, 5.74) is 5.20. The molecule has 0 fully saturated rings. The first kappa shape index (κ1) is 17.9. The minimum Gasteiger partial charge on any atom is -0.296 e. The molecule has 28 heavy (non-hydrogen) atoms. The molecule has 0 saturated heterocycles. The molecule has 0 atom stereocenters. The van der Waals surface area contributed by atoms with Crippen LogP contribution in [0.5, 0.6) is 0 Å². The molecule has 0 nitrogen and oxygen atoms in total. The number of hydrogen-bond acceptors (Lipinski definition) is 0. The van der Waals surface area contributed by atoms with Crippen molar-refractivity contribution in [3.8, 4) is 22.3 Å². The van der Waals surface area contributed by atoms with Crippen molar-refractivity contribution in [1.29, 1.82) is 0 Å². The maximum atomic E-state index is 3.81. The molecule has 0 bridgehead atoms. The lowest BCUT2D eigenvalue weighted by Gasteiger charge is -2.13. The molecule has 0 saturated carbocycles. The normalized spacial score (nSPS) is 10.9. The van der Waals surface area contributed by atoms with Gasteiger partial charge in [-0.3, -0.25) is 12.9 Å². The second-order valence-corrected chi connectivity index (χ2v) is 9.87. The van der Waals surface area contributed by atoms with Crippen molar-refractivity contribution in [3.05, 3.63) is 103 Å². The van der Waals surface area contributed by atoms with E-state index in [0.717, 1.165) is 0 Å². The van der Waals surface area contributed by atoms with E-state index in [-0.39, 0.29) is 0 Å². The van der Waals surface area contributed by atoms with Gasteiger partial charge in [-0.1, -0.05) is 97.1 Å². The Labute approximate surface area is 180 Å². The lowest BCUT2D eigenvalue weighted by atomic mass is 9.93. The second-order valence-electron chi connectivity index (χ2n) is 7.11. The molecular formula is C26H17BrMg. The van der Waals surface area contributed by atoms with Gasteiger partial charge in [0.2, 0.25) is 0 Å². The molecule has 0 aliphatic rings. The van der Waals surface area contributed by atoms with Crippen LogP contribution in [0.2, 0.25) is 0 Å². The van der Waals surface area contributed by atoms with E-state index >= 15 is 0 Å². The van der Waals surface area contributed by atoms with Gasteiger partial charge < -0.3 is 0 Å². The molecule has 5 aromatic carbocycles. The summed E-state index contributed by atoms with van der Waals surface area (Å²) in [6, 6.07) is 37.5. The van der Waals surface area contributed by atoms with Gasteiger partial charge >= 0.3 is 18.2 Å². The van der Waals surface area contributed by atoms with E-state index in [4.69, 9.17) is 0 Å². The molecule has 0 spiro atoms. The standard InChI is InChI=1S/C26H17.BrH.Mg/c1-3-14-23-19(8-1)10-6-16-25(23)21-12-5-13-22(18-21)26-17-7-11-20-9-2-4-15-24(20)26;;/h1-4,6-18H;1H;/q;;+1/p-1. The minimum atomic E-state index is -0.452. The lowest BCUT2D eigenvalue weighted by Crippen LogP contribution is -2.08. The molecule has 5 aromatic rings. The molecule has 0 aromatic heterocycles. The van der Waals surface area contributed by atoms with E-state index in [1.807, 2.05) is 0 Å². The minimum absolute atomic E-state index is 0.452. The summed E-state index contributed by atoms with van der Waals surface area (Å²) in [6.07, 6.45) is 0. The molecule has 2 heteroatoms. The van der Waals surface area contributed by atoms with Gasteiger partial charge in [0.15, 0.2) is 0 Å². The highest BCUT2D eigenvalue weighted by Gasteiger charge is 2.10. The zero-order valence-electron chi connectivity index (χ0n) is 15.4. The number of halogens is 1. The quantitative estimate of drug-likeness (QED) is 0.270. The van der Waals surface area contributed by atoms with Gasteiger partial charge in [-0.2, -0.15) is 3.69 Å². The van der Waals surface area contributed by atoms with Gasteiger partial charge in [0.1, 0.15) is 0 Å². The first-order chi connectivity index (χ1) is 13.8. The Morgan fingerprint density at radius 1 is 0.500 bits per heavy atom. The van der Waals surface area contributed by atoms with Crippen LogP contribution in [0.15, 0.2) is 103 Å². The van der Waals surface area contributed by atoms with Crippen molar-refractivity contribution in [2.24, 2.45) is 0 Å². The van der Waals surface area contributed by atoms with Crippen molar-refractivity contribution >= 4 is 56.3 Å². The van der Waals surface area contributed by atoms with Crippen LogP contribution in [0.4, 0.5) is 0 Å². The van der Waals surface area contributed by atoms with Crippen molar-refractivity contribution in [2.75, 3.05) is 0 Å². The zero-order chi connectivity index (χ0) is 18.9. The Morgan fingerprint density at radius 3 is 1.46 bits per heavy atom. The van der Waals surface area contributed by atoms with Crippen LogP contribution in [0, 0.1) is 0 Å². The van der Waals surface area contributed by atoms with Crippen LogP contribution in [-0.2, 0) is 0 Å². The fraction of sp³-hybridized carbons (Fsp3) is 0. The van der Waals surface area contributed by atoms with Crippen molar-refractivity contribution in [1.82, 2.24) is 0 Å².